The van der Waals surface area contributed by atoms with Gasteiger partial charge in [-0.15, -0.1) is 0 Å². The number of primary amides is 2. The number of carbonyl (C=O) groups is 3. The summed E-state index contributed by atoms with van der Waals surface area (Å²) in [6.07, 6.45) is 1.41. The first-order valence-corrected chi connectivity index (χ1v) is 11.3. The number of hydrogen-bond acceptors (Lipinski definition) is 6. The fourth-order valence-electron chi connectivity index (χ4n) is 2.89. The Labute approximate surface area is 211 Å². The summed E-state index contributed by atoms with van der Waals surface area (Å²) in [6.45, 7) is 0. The fraction of sp³-hybridized carbons (Fsp3) is 0.222. The van der Waals surface area contributed by atoms with Gasteiger partial charge in [-0.2, -0.15) is 0 Å². The molecule has 0 spiro atoms. The Balaban J connectivity index is 0.000000270. The lowest BCUT2D eigenvalue weighted by atomic mass is 10.1. The lowest BCUT2D eigenvalue weighted by Gasteiger charge is -2.06. The Morgan fingerprint density at radius 1 is 0.528 bits per heavy atom. The lowest BCUT2D eigenvalue weighted by molar-refractivity contribution is -0.138. The van der Waals surface area contributed by atoms with Crippen molar-refractivity contribution >= 4 is 17.8 Å². The van der Waals surface area contributed by atoms with Gasteiger partial charge in [0.2, 0.25) is 11.8 Å². The molecule has 9 nitrogen and oxygen atoms in total. The average Bonchev–Trinajstić information content (AvgIpc) is 2.86. The number of carboxylic acids is 1. The summed E-state index contributed by atoms with van der Waals surface area (Å²) in [5, 5.41) is 8.52. The van der Waals surface area contributed by atoms with Gasteiger partial charge in [-0.05, 0) is 36.0 Å². The molecular formula is C27H35N5O4. The van der Waals surface area contributed by atoms with Crippen LogP contribution < -0.4 is 28.7 Å². The van der Waals surface area contributed by atoms with Crippen LogP contribution in [0.25, 0.3) is 0 Å². The normalized spacial score (nSPS) is 12.4. The number of hydrogen-bond donors (Lipinski definition) is 6. The van der Waals surface area contributed by atoms with Gasteiger partial charge in [0.05, 0.1) is 12.1 Å². The van der Waals surface area contributed by atoms with Crippen molar-refractivity contribution in [2.24, 2.45) is 28.7 Å². The van der Waals surface area contributed by atoms with Crippen LogP contribution in [0, 0.1) is 0 Å². The molecule has 0 heterocycles. The lowest BCUT2D eigenvalue weighted by Crippen LogP contribution is -2.38. The van der Waals surface area contributed by atoms with E-state index in [1.54, 1.807) is 0 Å². The van der Waals surface area contributed by atoms with Gasteiger partial charge >= 0.3 is 5.97 Å². The quantitative estimate of drug-likeness (QED) is 0.252. The highest BCUT2D eigenvalue weighted by molar-refractivity contribution is 5.80. The van der Waals surface area contributed by atoms with E-state index in [0.717, 1.165) is 16.7 Å². The topological polar surface area (TPSA) is 202 Å². The molecule has 3 rings (SSSR count). The molecule has 0 aliphatic carbocycles. The largest absolute Gasteiger partial charge is 0.480 e. The zero-order valence-electron chi connectivity index (χ0n) is 20.1. The Morgan fingerprint density at radius 2 is 0.778 bits per heavy atom. The van der Waals surface area contributed by atoms with Crippen LogP contribution >= 0.6 is 0 Å². The second-order valence-corrected chi connectivity index (χ2v) is 8.03. The maximum absolute atomic E-state index is 10.6. The van der Waals surface area contributed by atoms with E-state index in [9.17, 15) is 14.4 Å². The van der Waals surface area contributed by atoms with Crippen LogP contribution in [0.5, 0.6) is 0 Å². The van der Waals surface area contributed by atoms with Crippen LogP contribution in [-0.2, 0) is 33.6 Å². The monoisotopic (exact) mass is 493 g/mol. The minimum Gasteiger partial charge on any atom is -0.480 e. The molecule has 3 aromatic carbocycles. The number of aliphatic carboxylic acids is 1. The maximum atomic E-state index is 10.6. The number of carbonyl (C=O) groups excluding carboxylic acids is 2. The fourth-order valence-corrected chi connectivity index (χ4v) is 2.89. The van der Waals surface area contributed by atoms with Crippen molar-refractivity contribution in [3.05, 3.63) is 108 Å². The third kappa shape index (κ3) is 13.0. The summed E-state index contributed by atoms with van der Waals surface area (Å²) in [5.41, 5.74) is 29.4. The summed E-state index contributed by atoms with van der Waals surface area (Å²) in [4.78, 5) is 31.6. The van der Waals surface area contributed by atoms with Crippen LogP contribution in [0.2, 0.25) is 0 Å². The Bertz CT molecular complexity index is 913. The van der Waals surface area contributed by atoms with E-state index in [-0.39, 0.29) is 0 Å². The van der Waals surface area contributed by atoms with Gasteiger partial charge in [0.1, 0.15) is 6.04 Å². The molecule has 36 heavy (non-hydrogen) atoms. The van der Waals surface area contributed by atoms with Crippen molar-refractivity contribution in [1.29, 1.82) is 0 Å². The van der Waals surface area contributed by atoms with Gasteiger partial charge in [0.15, 0.2) is 0 Å². The molecule has 0 saturated heterocycles. The molecule has 0 aliphatic rings. The van der Waals surface area contributed by atoms with Gasteiger partial charge in [-0.3, -0.25) is 14.4 Å². The second kappa shape index (κ2) is 16.6. The van der Waals surface area contributed by atoms with E-state index in [1.807, 2.05) is 91.0 Å². The molecule has 0 saturated carbocycles. The van der Waals surface area contributed by atoms with Gasteiger partial charge in [-0.1, -0.05) is 91.0 Å². The Hall–Kier alpha value is -4.05. The van der Waals surface area contributed by atoms with Crippen LogP contribution in [-0.4, -0.2) is 41.0 Å². The van der Waals surface area contributed by atoms with Crippen molar-refractivity contribution in [1.82, 2.24) is 0 Å². The summed E-state index contributed by atoms with van der Waals surface area (Å²) in [6, 6.07) is 26.5. The number of nitrogens with two attached hydrogens (primary N) is 5. The first kappa shape index (κ1) is 30.0. The van der Waals surface area contributed by atoms with Gasteiger partial charge in [-0.25, -0.2) is 0 Å². The molecule has 1 unspecified atom stereocenters. The molecule has 0 bridgehead atoms. The van der Waals surface area contributed by atoms with Crippen LogP contribution in [0.4, 0.5) is 0 Å². The van der Waals surface area contributed by atoms with Gasteiger partial charge in [0, 0.05) is 0 Å². The van der Waals surface area contributed by atoms with E-state index in [0.29, 0.717) is 19.3 Å². The second-order valence-electron chi connectivity index (χ2n) is 8.03. The smallest absolute Gasteiger partial charge is 0.320 e. The molecular weight excluding hydrogens is 458 g/mol. The summed E-state index contributed by atoms with van der Waals surface area (Å²) < 4.78 is 0. The number of carboxylic acid groups (broad SMARTS) is 1. The van der Waals surface area contributed by atoms with E-state index < -0.39 is 35.9 Å². The van der Waals surface area contributed by atoms with Crippen LogP contribution in [0.15, 0.2) is 91.0 Å². The number of amides is 2. The van der Waals surface area contributed by atoms with Crippen molar-refractivity contribution in [3.63, 3.8) is 0 Å². The van der Waals surface area contributed by atoms with Crippen molar-refractivity contribution in [2.75, 3.05) is 0 Å². The van der Waals surface area contributed by atoms with Crippen molar-refractivity contribution in [2.45, 2.75) is 37.4 Å². The predicted octanol–water partition coefficient (Wildman–Crippen LogP) is 0.724. The molecule has 192 valence electrons. The highest BCUT2D eigenvalue weighted by Gasteiger charge is 2.11. The molecule has 11 N–H and O–H groups in total. The molecule has 3 atom stereocenters. The van der Waals surface area contributed by atoms with Crippen LogP contribution in [0.3, 0.4) is 0 Å². The average molecular weight is 494 g/mol. The highest BCUT2D eigenvalue weighted by Crippen LogP contribution is 2.02. The Morgan fingerprint density at radius 3 is 1.00 bits per heavy atom. The first-order chi connectivity index (χ1) is 17.1. The van der Waals surface area contributed by atoms with E-state index in [4.69, 9.17) is 33.8 Å². The number of benzene rings is 3. The predicted molar refractivity (Wildman–Crippen MR) is 140 cm³/mol. The molecule has 3 aromatic rings. The van der Waals surface area contributed by atoms with Gasteiger partial charge in [0.25, 0.3) is 0 Å². The summed E-state index contributed by atoms with van der Waals surface area (Å²) in [5.74, 6) is -1.88. The highest BCUT2D eigenvalue weighted by atomic mass is 16.4. The third-order valence-electron chi connectivity index (χ3n) is 4.94. The molecule has 0 fully saturated rings. The number of rotatable bonds is 9. The SMILES string of the molecule is NC(=O)C(N)Cc1ccccc1.NC(=O)[C@@H](N)Cc1ccccc1.N[C@H](Cc1ccccc1)C(=O)O. The summed E-state index contributed by atoms with van der Waals surface area (Å²) in [7, 11) is 0. The zero-order valence-corrected chi connectivity index (χ0v) is 20.1. The maximum Gasteiger partial charge on any atom is 0.320 e. The van der Waals surface area contributed by atoms with Crippen molar-refractivity contribution in [3.8, 4) is 0 Å². The third-order valence-corrected chi connectivity index (χ3v) is 4.94. The summed E-state index contributed by atoms with van der Waals surface area (Å²) >= 11 is 0. The minimum absolute atomic E-state index is 0.385. The molecule has 2 amide bonds. The first-order valence-electron chi connectivity index (χ1n) is 11.3. The van der Waals surface area contributed by atoms with E-state index >= 15 is 0 Å². The molecule has 0 aliphatic heterocycles. The van der Waals surface area contributed by atoms with Gasteiger partial charge < -0.3 is 33.8 Å². The Kier molecular flexibility index (Phi) is 13.8. The minimum atomic E-state index is -0.959. The zero-order chi connectivity index (χ0) is 26.9. The van der Waals surface area contributed by atoms with E-state index in [2.05, 4.69) is 0 Å². The molecule has 0 aromatic heterocycles. The van der Waals surface area contributed by atoms with Crippen LogP contribution in [0.1, 0.15) is 16.7 Å². The molecule has 0 radical (unpaired) electrons. The standard InChI is InChI=1S/2C9H12N2O.C9H11NO2/c3*10-8(9(11)12)6-7-4-2-1-3-5-7/h2*1-5,8H,6,10H2,(H2,11,12);1-5,8H,6,10H2,(H,11,12)/t8-;;8-/m0.1/s1. The van der Waals surface area contributed by atoms with E-state index in [1.165, 1.54) is 0 Å². The van der Waals surface area contributed by atoms with Crippen molar-refractivity contribution < 1.29 is 19.5 Å². The molecule has 9 heteroatoms.